The van der Waals surface area contributed by atoms with Gasteiger partial charge in [-0.05, 0) is 51.4 Å². The number of nitrogens with zero attached hydrogens (tertiary/aromatic N) is 1. The van der Waals surface area contributed by atoms with E-state index in [0.717, 1.165) is 32.8 Å². The third kappa shape index (κ3) is 5.52. The van der Waals surface area contributed by atoms with Gasteiger partial charge in [-0.1, -0.05) is 6.92 Å². The molecule has 114 valence electrons. The second-order valence-electron chi connectivity index (χ2n) is 5.73. The van der Waals surface area contributed by atoms with Crippen LogP contribution in [-0.4, -0.2) is 37.7 Å². The first kappa shape index (κ1) is 16.0. The van der Waals surface area contributed by atoms with Crippen molar-refractivity contribution in [2.45, 2.75) is 51.8 Å². The zero-order valence-electron chi connectivity index (χ0n) is 12.9. The minimum atomic E-state index is 0.444. The van der Waals surface area contributed by atoms with E-state index in [1.54, 1.807) is 0 Å². The summed E-state index contributed by atoms with van der Waals surface area (Å²) in [6, 6.07) is 4.53. The lowest BCUT2D eigenvalue weighted by Gasteiger charge is -2.27. The molecule has 0 amide bonds. The number of hydrogen-bond acceptors (Lipinski definition) is 4. The van der Waals surface area contributed by atoms with E-state index in [9.17, 15) is 0 Å². The van der Waals surface area contributed by atoms with Crippen molar-refractivity contribution in [2.75, 3.05) is 26.7 Å². The van der Waals surface area contributed by atoms with Crippen LogP contribution in [0.3, 0.4) is 0 Å². The lowest BCUT2D eigenvalue weighted by Crippen LogP contribution is -2.32. The van der Waals surface area contributed by atoms with Crippen molar-refractivity contribution in [3.63, 3.8) is 0 Å². The molecule has 1 aliphatic rings. The summed E-state index contributed by atoms with van der Waals surface area (Å²) in [5.41, 5.74) is 0. The molecule has 0 aromatic carbocycles. The van der Waals surface area contributed by atoms with E-state index in [1.807, 2.05) is 11.3 Å². The van der Waals surface area contributed by atoms with Gasteiger partial charge in [-0.2, -0.15) is 0 Å². The Balaban J connectivity index is 1.71. The van der Waals surface area contributed by atoms with E-state index in [-0.39, 0.29) is 0 Å². The van der Waals surface area contributed by atoms with Gasteiger partial charge in [0.25, 0.3) is 0 Å². The fourth-order valence-electron chi connectivity index (χ4n) is 2.62. The molecule has 1 saturated heterocycles. The van der Waals surface area contributed by atoms with Gasteiger partial charge in [0.1, 0.15) is 0 Å². The molecule has 0 spiro atoms. The summed E-state index contributed by atoms with van der Waals surface area (Å²) in [4.78, 5) is 5.29. The van der Waals surface area contributed by atoms with E-state index in [0.29, 0.717) is 6.10 Å². The van der Waals surface area contributed by atoms with E-state index < -0.39 is 0 Å². The van der Waals surface area contributed by atoms with E-state index in [2.05, 4.69) is 36.3 Å². The SMILES string of the molecule is CCCNCc1ccc(CN(C)CC2CCCCO2)s1. The summed E-state index contributed by atoms with van der Waals surface area (Å²) < 4.78 is 5.81. The van der Waals surface area contributed by atoms with Crippen LogP contribution in [0.2, 0.25) is 0 Å². The van der Waals surface area contributed by atoms with Gasteiger partial charge in [0.2, 0.25) is 0 Å². The average Bonchev–Trinajstić information content (AvgIpc) is 2.87. The van der Waals surface area contributed by atoms with Crippen LogP contribution in [0.4, 0.5) is 0 Å². The van der Waals surface area contributed by atoms with E-state index >= 15 is 0 Å². The number of likely N-dealkylation sites (N-methyl/N-ethyl adjacent to an activating group) is 1. The fourth-order valence-corrected chi connectivity index (χ4v) is 3.69. The number of rotatable bonds is 8. The van der Waals surface area contributed by atoms with Crippen LogP contribution in [0.15, 0.2) is 12.1 Å². The Hall–Kier alpha value is -0.420. The van der Waals surface area contributed by atoms with Crippen molar-refractivity contribution < 1.29 is 4.74 Å². The first-order valence-corrected chi connectivity index (χ1v) is 8.68. The van der Waals surface area contributed by atoms with Crippen LogP contribution in [0, 0.1) is 0 Å². The standard InChI is InChI=1S/C16H28N2OS/c1-3-9-17-11-15-7-8-16(20-15)13-18(2)12-14-6-4-5-10-19-14/h7-8,14,17H,3-6,9-13H2,1-2H3. The molecule has 1 N–H and O–H groups in total. The van der Waals surface area contributed by atoms with E-state index in [4.69, 9.17) is 4.74 Å². The minimum absolute atomic E-state index is 0.444. The molecule has 20 heavy (non-hydrogen) atoms. The Bertz CT molecular complexity index is 374. The number of thiophene rings is 1. The first-order valence-electron chi connectivity index (χ1n) is 7.86. The van der Waals surface area contributed by atoms with Gasteiger partial charge in [0.05, 0.1) is 6.10 Å². The molecule has 0 bridgehead atoms. The van der Waals surface area contributed by atoms with Crippen LogP contribution >= 0.6 is 11.3 Å². The molecule has 2 heterocycles. The number of ether oxygens (including phenoxy) is 1. The first-order chi connectivity index (χ1) is 9.78. The molecule has 1 aromatic rings. The van der Waals surface area contributed by atoms with Crippen LogP contribution in [0.25, 0.3) is 0 Å². The fraction of sp³-hybridized carbons (Fsp3) is 0.750. The summed E-state index contributed by atoms with van der Waals surface area (Å²) >= 11 is 1.93. The summed E-state index contributed by atoms with van der Waals surface area (Å²) in [5, 5.41) is 3.46. The molecule has 4 heteroatoms. The Morgan fingerprint density at radius 1 is 1.35 bits per heavy atom. The lowest BCUT2D eigenvalue weighted by molar-refractivity contribution is -0.00245. The minimum Gasteiger partial charge on any atom is -0.377 e. The predicted molar refractivity (Wildman–Crippen MR) is 86.2 cm³/mol. The van der Waals surface area contributed by atoms with Gasteiger partial charge in [-0.25, -0.2) is 0 Å². The second-order valence-corrected chi connectivity index (χ2v) is 6.98. The zero-order valence-corrected chi connectivity index (χ0v) is 13.7. The van der Waals surface area contributed by atoms with Crippen molar-refractivity contribution in [2.24, 2.45) is 0 Å². The topological polar surface area (TPSA) is 24.5 Å². The largest absolute Gasteiger partial charge is 0.377 e. The Kier molecular flexibility index (Phi) is 7.00. The molecular weight excluding hydrogens is 268 g/mol. The molecule has 1 fully saturated rings. The van der Waals surface area contributed by atoms with Gasteiger partial charge >= 0.3 is 0 Å². The van der Waals surface area contributed by atoms with Gasteiger partial charge in [-0.3, -0.25) is 4.90 Å². The highest BCUT2D eigenvalue weighted by molar-refractivity contribution is 7.11. The molecule has 2 rings (SSSR count). The quantitative estimate of drug-likeness (QED) is 0.745. The maximum absolute atomic E-state index is 5.81. The Labute approximate surface area is 127 Å². The third-order valence-corrected chi connectivity index (χ3v) is 4.73. The van der Waals surface area contributed by atoms with Crippen LogP contribution in [-0.2, 0) is 17.8 Å². The molecule has 1 atom stereocenters. The lowest BCUT2D eigenvalue weighted by atomic mass is 10.1. The van der Waals surface area contributed by atoms with Crippen molar-refractivity contribution in [3.05, 3.63) is 21.9 Å². The molecule has 1 unspecified atom stereocenters. The van der Waals surface area contributed by atoms with Gasteiger partial charge in [0, 0.05) is 36.0 Å². The molecule has 0 radical (unpaired) electrons. The summed E-state index contributed by atoms with van der Waals surface area (Å²) in [5.74, 6) is 0. The Morgan fingerprint density at radius 3 is 2.95 bits per heavy atom. The highest BCUT2D eigenvalue weighted by Crippen LogP contribution is 2.19. The predicted octanol–water partition coefficient (Wildman–Crippen LogP) is 3.25. The summed E-state index contributed by atoms with van der Waals surface area (Å²) in [6.07, 6.45) is 5.42. The average molecular weight is 296 g/mol. The zero-order chi connectivity index (χ0) is 14.2. The number of nitrogens with one attached hydrogen (secondary N) is 1. The highest BCUT2D eigenvalue weighted by Gasteiger charge is 2.16. The monoisotopic (exact) mass is 296 g/mol. The van der Waals surface area contributed by atoms with Crippen LogP contribution < -0.4 is 5.32 Å². The second kappa shape index (κ2) is 8.78. The molecular formula is C16H28N2OS. The third-order valence-electron chi connectivity index (χ3n) is 3.66. The molecule has 1 aliphatic heterocycles. The van der Waals surface area contributed by atoms with Gasteiger partial charge in [-0.15, -0.1) is 11.3 Å². The maximum atomic E-state index is 5.81. The Morgan fingerprint density at radius 2 is 2.20 bits per heavy atom. The summed E-state index contributed by atoms with van der Waals surface area (Å²) in [7, 11) is 2.20. The van der Waals surface area contributed by atoms with Gasteiger partial charge < -0.3 is 10.1 Å². The van der Waals surface area contributed by atoms with Crippen molar-refractivity contribution in [3.8, 4) is 0 Å². The van der Waals surface area contributed by atoms with Gasteiger partial charge in [0.15, 0.2) is 0 Å². The van der Waals surface area contributed by atoms with E-state index in [1.165, 1.54) is 35.4 Å². The molecule has 1 aromatic heterocycles. The molecule has 3 nitrogen and oxygen atoms in total. The van der Waals surface area contributed by atoms with Crippen LogP contribution in [0.1, 0.15) is 42.4 Å². The highest BCUT2D eigenvalue weighted by atomic mass is 32.1. The van der Waals surface area contributed by atoms with Crippen molar-refractivity contribution >= 4 is 11.3 Å². The summed E-state index contributed by atoms with van der Waals surface area (Å²) in [6.45, 7) is 7.36. The van der Waals surface area contributed by atoms with Crippen LogP contribution in [0.5, 0.6) is 0 Å². The smallest absolute Gasteiger partial charge is 0.0702 e. The molecule has 0 aliphatic carbocycles. The molecule has 0 saturated carbocycles. The normalized spacial score (nSPS) is 19.6. The maximum Gasteiger partial charge on any atom is 0.0702 e. The van der Waals surface area contributed by atoms with Crippen molar-refractivity contribution in [1.29, 1.82) is 0 Å². The number of hydrogen-bond donors (Lipinski definition) is 1. The van der Waals surface area contributed by atoms with Crippen molar-refractivity contribution in [1.82, 2.24) is 10.2 Å².